The zero-order valence-corrected chi connectivity index (χ0v) is 7.56. The number of nitrogens with one attached hydrogen (secondary N) is 1. The van der Waals surface area contributed by atoms with E-state index in [-0.39, 0.29) is 6.04 Å². The van der Waals surface area contributed by atoms with Crippen molar-refractivity contribution < 1.29 is 9.32 Å². The van der Waals surface area contributed by atoms with Gasteiger partial charge in [-0.2, -0.15) is 0 Å². The zero-order valence-electron chi connectivity index (χ0n) is 6.75. The molecule has 0 aliphatic carbocycles. The van der Waals surface area contributed by atoms with Gasteiger partial charge < -0.3 is 10.4 Å². The minimum atomic E-state index is -0.882. The van der Waals surface area contributed by atoms with Gasteiger partial charge in [0.2, 0.25) is 0 Å². The Labute approximate surface area is 69.6 Å². The number of hydrogen-bond acceptors (Lipinski definition) is 3. The van der Waals surface area contributed by atoms with Crippen LogP contribution in [0.15, 0.2) is 0 Å². The number of aliphatic hydroxyl groups excluding tert-OH is 1. The van der Waals surface area contributed by atoms with Crippen molar-refractivity contribution in [1.29, 1.82) is 0 Å². The Balaban J connectivity index is 2.28. The molecular weight excluding hydrogens is 162 g/mol. The Morgan fingerprint density at radius 3 is 3.00 bits per heavy atom. The molecule has 1 aliphatic heterocycles. The molecule has 2 N–H and O–H groups in total. The zero-order chi connectivity index (χ0) is 8.27. The van der Waals surface area contributed by atoms with Crippen LogP contribution in [0.5, 0.6) is 0 Å². The minimum Gasteiger partial charge on any atom is -0.391 e. The summed E-state index contributed by atoms with van der Waals surface area (Å²) in [5.41, 5.74) is 0. The third-order valence-corrected chi connectivity index (χ3v) is 2.78. The summed E-state index contributed by atoms with van der Waals surface area (Å²) in [7, 11) is -0.882. The molecule has 4 heteroatoms. The van der Waals surface area contributed by atoms with E-state index in [0.29, 0.717) is 5.75 Å². The fraction of sp³-hybridized carbons (Fsp3) is 1.00. The van der Waals surface area contributed by atoms with E-state index in [2.05, 4.69) is 5.32 Å². The number of aliphatic hydroxyl groups is 1. The molecule has 0 radical (unpaired) electrons. The van der Waals surface area contributed by atoms with Crippen LogP contribution in [0.3, 0.4) is 0 Å². The topological polar surface area (TPSA) is 49.3 Å². The molecule has 0 aromatic rings. The third kappa shape index (κ3) is 2.89. The highest BCUT2D eigenvalue weighted by Gasteiger charge is 2.22. The summed E-state index contributed by atoms with van der Waals surface area (Å²) >= 11 is 0. The highest BCUT2D eigenvalue weighted by molar-refractivity contribution is 7.84. The first-order valence-electron chi connectivity index (χ1n) is 3.91. The van der Waals surface area contributed by atoms with Crippen molar-refractivity contribution in [3.05, 3.63) is 0 Å². The Morgan fingerprint density at radius 1 is 1.82 bits per heavy atom. The average molecular weight is 177 g/mol. The normalized spacial score (nSPS) is 30.2. The van der Waals surface area contributed by atoms with E-state index in [9.17, 15) is 9.32 Å². The monoisotopic (exact) mass is 177 g/mol. The maximum Gasteiger partial charge on any atom is 0.0808 e. The molecule has 0 aromatic heterocycles. The largest absolute Gasteiger partial charge is 0.391 e. The van der Waals surface area contributed by atoms with Gasteiger partial charge in [0, 0.05) is 23.1 Å². The van der Waals surface area contributed by atoms with Crippen LogP contribution in [0, 0.1) is 0 Å². The lowest BCUT2D eigenvalue weighted by atomic mass is 10.1. The Morgan fingerprint density at radius 2 is 2.55 bits per heavy atom. The molecule has 3 nitrogen and oxygen atoms in total. The summed E-state index contributed by atoms with van der Waals surface area (Å²) in [6.07, 6.45) is 3.33. The van der Waals surface area contributed by atoms with E-state index < -0.39 is 16.9 Å². The lowest BCUT2D eigenvalue weighted by Crippen LogP contribution is -2.38. The molecule has 1 rings (SSSR count). The van der Waals surface area contributed by atoms with Gasteiger partial charge in [-0.3, -0.25) is 4.21 Å². The SMILES string of the molecule is CS(=O)C[C@@H](O)[C@@H]1CCCN1. The van der Waals surface area contributed by atoms with Crippen LogP contribution in [0.4, 0.5) is 0 Å². The molecule has 3 atom stereocenters. The summed E-state index contributed by atoms with van der Waals surface area (Å²) < 4.78 is 10.7. The van der Waals surface area contributed by atoms with Gasteiger partial charge >= 0.3 is 0 Å². The lowest BCUT2D eigenvalue weighted by molar-refractivity contribution is 0.158. The van der Waals surface area contributed by atoms with Gasteiger partial charge in [-0.1, -0.05) is 0 Å². The smallest absolute Gasteiger partial charge is 0.0808 e. The highest BCUT2D eigenvalue weighted by Crippen LogP contribution is 2.09. The van der Waals surface area contributed by atoms with Crippen molar-refractivity contribution >= 4 is 10.8 Å². The van der Waals surface area contributed by atoms with E-state index in [1.165, 1.54) is 0 Å². The summed E-state index contributed by atoms with van der Waals surface area (Å²) in [5, 5.41) is 12.6. The van der Waals surface area contributed by atoms with Crippen molar-refractivity contribution in [2.45, 2.75) is 25.0 Å². The third-order valence-electron chi connectivity index (χ3n) is 1.97. The first-order valence-corrected chi connectivity index (χ1v) is 5.64. The van der Waals surface area contributed by atoms with Crippen molar-refractivity contribution in [1.82, 2.24) is 5.32 Å². The quantitative estimate of drug-likeness (QED) is 0.610. The van der Waals surface area contributed by atoms with Crippen LogP contribution in [-0.4, -0.2) is 40.0 Å². The average Bonchev–Trinajstić information content (AvgIpc) is 2.35. The van der Waals surface area contributed by atoms with Crippen LogP contribution in [0.1, 0.15) is 12.8 Å². The second kappa shape index (κ2) is 4.18. The van der Waals surface area contributed by atoms with Crippen LogP contribution in [0.2, 0.25) is 0 Å². The van der Waals surface area contributed by atoms with Crippen molar-refractivity contribution in [3.63, 3.8) is 0 Å². The second-order valence-electron chi connectivity index (χ2n) is 3.01. The molecule has 1 fully saturated rings. The van der Waals surface area contributed by atoms with E-state index in [1.807, 2.05) is 0 Å². The molecule has 0 bridgehead atoms. The molecule has 1 unspecified atom stereocenters. The predicted molar refractivity (Wildman–Crippen MR) is 46.0 cm³/mol. The van der Waals surface area contributed by atoms with E-state index in [4.69, 9.17) is 0 Å². The Hall–Kier alpha value is 0.0700. The standard InChI is InChI=1S/C7H15NO2S/c1-11(10)5-7(9)6-3-2-4-8-6/h6-9H,2-5H2,1H3/t6-,7+,11?/m0/s1. The van der Waals surface area contributed by atoms with Crippen LogP contribution < -0.4 is 5.32 Å². The van der Waals surface area contributed by atoms with E-state index in [0.717, 1.165) is 19.4 Å². The van der Waals surface area contributed by atoms with Gasteiger partial charge in [-0.15, -0.1) is 0 Å². The first kappa shape index (κ1) is 9.16. The molecule has 0 saturated carbocycles. The van der Waals surface area contributed by atoms with Crippen LogP contribution in [0.25, 0.3) is 0 Å². The highest BCUT2D eigenvalue weighted by atomic mass is 32.2. The number of rotatable bonds is 3. The lowest BCUT2D eigenvalue weighted by Gasteiger charge is -2.16. The molecule has 0 aromatic carbocycles. The fourth-order valence-corrected chi connectivity index (χ4v) is 2.11. The van der Waals surface area contributed by atoms with Crippen molar-refractivity contribution in [2.24, 2.45) is 0 Å². The van der Waals surface area contributed by atoms with Gasteiger partial charge in [-0.25, -0.2) is 0 Å². The molecule has 1 aliphatic rings. The molecule has 1 heterocycles. The van der Waals surface area contributed by atoms with Gasteiger partial charge in [0.15, 0.2) is 0 Å². The van der Waals surface area contributed by atoms with Crippen molar-refractivity contribution in [3.8, 4) is 0 Å². The molecule has 11 heavy (non-hydrogen) atoms. The first-order chi connectivity index (χ1) is 5.20. The minimum absolute atomic E-state index is 0.180. The second-order valence-corrected chi connectivity index (χ2v) is 4.49. The summed E-state index contributed by atoms with van der Waals surface area (Å²) in [4.78, 5) is 0. The fourth-order valence-electron chi connectivity index (χ4n) is 1.40. The summed E-state index contributed by atoms with van der Waals surface area (Å²) in [6.45, 7) is 0.984. The molecule has 66 valence electrons. The van der Waals surface area contributed by atoms with Gasteiger partial charge in [0.25, 0.3) is 0 Å². The van der Waals surface area contributed by atoms with Gasteiger partial charge in [0.1, 0.15) is 0 Å². The Kier molecular flexibility index (Phi) is 3.48. The van der Waals surface area contributed by atoms with Crippen molar-refractivity contribution in [2.75, 3.05) is 18.6 Å². The summed E-state index contributed by atoms with van der Waals surface area (Å²) in [6, 6.07) is 0.180. The van der Waals surface area contributed by atoms with E-state index >= 15 is 0 Å². The maximum absolute atomic E-state index is 10.7. The molecule has 0 amide bonds. The van der Waals surface area contributed by atoms with Crippen LogP contribution in [-0.2, 0) is 10.8 Å². The van der Waals surface area contributed by atoms with E-state index in [1.54, 1.807) is 6.26 Å². The predicted octanol–water partition coefficient (Wildman–Crippen LogP) is -0.522. The van der Waals surface area contributed by atoms with Gasteiger partial charge in [0.05, 0.1) is 11.9 Å². The number of hydrogen-bond donors (Lipinski definition) is 2. The molecular formula is C7H15NO2S. The Bertz CT molecular complexity index is 145. The van der Waals surface area contributed by atoms with Gasteiger partial charge in [-0.05, 0) is 19.4 Å². The maximum atomic E-state index is 10.7. The van der Waals surface area contributed by atoms with Crippen LogP contribution >= 0.6 is 0 Å². The summed E-state index contributed by atoms with van der Waals surface area (Å²) in [5.74, 6) is 0.400. The molecule has 1 saturated heterocycles. The molecule has 0 spiro atoms.